The second-order valence-corrected chi connectivity index (χ2v) is 6.68. The van der Waals surface area contributed by atoms with E-state index < -0.39 is 0 Å². The number of benzene rings is 1. The number of halogens is 1. The lowest BCUT2D eigenvalue weighted by Gasteiger charge is -2.42. The molecule has 112 valence electrons. The van der Waals surface area contributed by atoms with Gasteiger partial charge in [-0.1, -0.05) is 50.6 Å². The first-order valence-electron chi connectivity index (χ1n) is 7.78. The highest BCUT2D eigenvalue weighted by atomic mass is 35.5. The van der Waals surface area contributed by atoms with Crippen LogP contribution < -0.4 is 5.73 Å². The molecule has 1 heterocycles. The first kappa shape index (κ1) is 15.8. The fourth-order valence-electron chi connectivity index (χ4n) is 3.18. The average Bonchev–Trinajstić information content (AvgIpc) is 2.44. The van der Waals surface area contributed by atoms with Gasteiger partial charge in [-0.15, -0.1) is 0 Å². The second kappa shape index (κ2) is 6.93. The second-order valence-electron chi connectivity index (χ2n) is 6.28. The van der Waals surface area contributed by atoms with Crippen LogP contribution in [0.1, 0.15) is 45.2 Å². The molecule has 0 amide bonds. The van der Waals surface area contributed by atoms with Gasteiger partial charge in [0.05, 0.1) is 6.04 Å². The molecule has 4 atom stereocenters. The van der Waals surface area contributed by atoms with Gasteiger partial charge in [0.25, 0.3) is 0 Å². The fourth-order valence-corrected chi connectivity index (χ4v) is 3.43. The molecule has 2 rings (SSSR count). The topological polar surface area (TPSA) is 29.3 Å². The van der Waals surface area contributed by atoms with Gasteiger partial charge in [-0.25, -0.2) is 0 Å². The van der Waals surface area contributed by atoms with E-state index in [4.69, 9.17) is 17.3 Å². The van der Waals surface area contributed by atoms with E-state index in [-0.39, 0.29) is 12.1 Å². The SMILES string of the molecule is CCC(N)C(c1ccccc1Cl)N1CCC(C)C(C)C1. The van der Waals surface area contributed by atoms with E-state index in [1.165, 1.54) is 12.0 Å². The van der Waals surface area contributed by atoms with E-state index in [9.17, 15) is 0 Å². The number of nitrogens with zero attached hydrogens (tertiary/aromatic N) is 1. The molecule has 2 nitrogen and oxygen atoms in total. The number of likely N-dealkylation sites (tertiary alicyclic amines) is 1. The third kappa shape index (κ3) is 3.36. The summed E-state index contributed by atoms with van der Waals surface area (Å²) in [5.74, 6) is 1.52. The molecule has 1 aliphatic rings. The average molecular weight is 295 g/mol. The summed E-state index contributed by atoms with van der Waals surface area (Å²) >= 11 is 6.42. The Kier molecular flexibility index (Phi) is 5.48. The number of hydrogen-bond acceptors (Lipinski definition) is 2. The number of rotatable bonds is 4. The maximum Gasteiger partial charge on any atom is 0.0513 e. The summed E-state index contributed by atoms with van der Waals surface area (Å²) in [7, 11) is 0. The Bertz CT molecular complexity index is 435. The summed E-state index contributed by atoms with van der Waals surface area (Å²) in [5.41, 5.74) is 7.61. The molecule has 1 saturated heterocycles. The van der Waals surface area contributed by atoms with Gasteiger partial charge in [-0.3, -0.25) is 4.90 Å². The van der Waals surface area contributed by atoms with Gasteiger partial charge in [-0.05, 0) is 42.9 Å². The maximum absolute atomic E-state index is 6.43. The third-order valence-corrected chi connectivity index (χ3v) is 5.20. The highest BCUT2D eigenvalue weighted by molar-refractivity contribution is 6.31. The zero-order valence-corrected chi connectivity index (χ0v) is 13.6. The van der Waals surface area contributed by atoms with E-state index in [2.05, 4.69) is 37.8 Å². The van der Waals surface area contributed by atoms with Crippen molar-refractivity contribution in [1.29, 1.82) is 0 Å². The summed E-state index contributed by atoms with van der Waals surface area (Å²) in [4.78, 5) is 2.54. The molecule has 3 heteroatoms. The van der Waals surface area contributed by atoms with Crippen molar-refractivity contribution in [3.8, 4) is 0 Å². The molecule has 1 aliphatic heterocycles. The lowest BCUT2D eigenvalue weighted by atomic mass is 9.85. The van der Waals surface area contributed by atoms with E-state index in [1.807, 2.05) is 12.1 Å². The largest absolute Gasteiger partial charge is 0.326 e. The molecule has 1 aromatic carbocycles. The summed E-state index contributed by atoms with van der Waals surface area (Å²) < 4.78 is 0. The smallest absolute Gasteiger partial charge is 0.0513 e. The predicted molar refractivity (Wildman–Crippen MR) is 87.0 cm³/mol. The van der Waals surface area contributed by atoms with Crippen molar-refractivity contribution in [1.82, 2.24) is 4.90 Å². The van der Waals surface area contributed by atoms with Crippen LogP contribution >= 0.6 is 11.6 Å². The number of hydrogen-bond donors (Lipinski definition) is 1. The molecule has 0 saturated carbocycles. The fraction of sp³-hybridized carbons (Fsp3) is 0.647. The Morgan fingerprint density at radius 2 is 2.00 bits per heavy atom. The Labute approximate surface area is 128 Å². The molecule has 4 unspecified atom stereocenters. The standard InChI is InChI=1S/C17H27ClN2/c1-4-16(19)17(14-7-5-6-8-15(14)18)20-10-9-12(2)13(3)11-20/h5-8,12-13,16-17H,4,9-11,19H2,1-3H3. The van der Waals surface area contributed by atoms with Gasteiger partial charge in [0.1, 0.15) is 0 Å². The molecule has 1 aromatic rings. The van der Waals surface area contributed by atoms with Gasteiger partial charge in [-0.2, -0.15) is 0 Å². The van der Waals surface area contributed by atoms with Gasteiger partial charge in [0, 0.05) is 17.6 Å². The van der Waals surface area contributed by atoms with Crippen LogP contribution in [0, 0.1) is 11.8 Å². The normalized spacial score (nSPS) is 27.2. The summed E-state index contributed by atoms with van der Waals surface area (Å²) in [5, 5.41) is 0.840. The van der Waals surface area contributed by atoms with Crippen LogP contribution in [0.2, 0.25) is 5.02 Å². The van der Waals surface area contributed by atoms with Crippen LogP contribution in [0.15, 0.2) is 24.3 Å². The minimum absolute atomic E-state index is 0.135. The van der Waals surface area contributed by atoms with Crippen molar-refractivity contribution in [2.75, 3.05) is 13.1 Å². The lowest BCUT2D eigenvalue weighted by molar-refractivity contribution is 0.0816. The molecule has 2 N–H and O–H groups in total. The van der Waals surface area contributed by atoms with Crippen molar-refractivity contribution in [3.63, 3.8) is 0 Å². The van der Waals surface area contributed by atoms with Crippen molar-refractivity contribution in [2.24, 2.45) is 17.6 Å². The Morgan fingerprint density at radius 3 is 2.60 bits per heavy atom. The number of piperidine rings is 1. The van der Waals surface area contributed by atoms with Crippen molar-refractivity contribution in [2.45, 2.75) is 45.7 Å². The van der Waals surface area contributed by atoms with Gasteiger partial charge in [0.15, 0.2) is 0 Å². The Morgan fingerprint density at radius 1 is 1.30 bits per heavy atom. The third-order valence-electron chi connectivity index (χ3n) is 4.86. The van der Waals surface area contributed by atoms with Gasteiger partial charge in [0.2, 0.25) is 0 Å². The van der Waals surface area contributed by atoms with Crippen molar-refractivity contribution in [3.05, 3.63) is 34.9 Å². The Hall–Kier alpha value is -0.570. The zero-order valence-electron chi connectivity index (χ0n) is 12.8. The summed E-state index contributed by atoms with van der Waals surface area (Å²) in [6.45, 7) is 9.09. The quantitative estimate of drug-likeness (QED) is 0.906. The van der Waals surface area contributed by atoms with Gasteiger partial charge < -0.3 is 5.73 Å². The molecule has 0 bridgehead atoms. The van der Waals surface area contributed by atoms with E-state index in [0.29, 0.717) is 0 Å². The molecule has 0 aliphatic carbocycles. The van der Waals surface area contributed by atoms with Crippen LogP contribution in [0.5, 0.6) is 0 Å². The highest BCUT2D eigenvalue weighted by Crippen LogP contribution is 2.35. The van der Waals surface area contributed by atoms with Crippen LogP contribution in [-0.2, 0) is 0 Å². The highest BCUT2D eigenvalue weighted by Gasteiger charge is 2.32. The van der Waals surface area contributed by atoms with Crippen LogP contribution in [0.4, 0.5) is 0 Å². The molecule has 20 heavy (non-hydrogen) atoms. The van der Waals surface area contributed by atoms with Crippen molar-refractivity contribution >= 4 is 11.6 Å². The van der Waals surface area contributed by atoms with Crippen molar-refractivity contribution < 1.29 is 0 Å². The van der Waals surface area contributed by atoms with E-state index in [0.717, 1.165) is 36.4 Å². The summed E-state index contributed by atoms with van der Waals surface area (Å²) in [6, 6.07) is 8.53. The molecular weight excluding hydrogens is 268 g/mol. The van der Waals surface area contributed by atoms with E-state index >= 15 is 0 Å². The molecule has 1 fully saturated rings. The minimum atomic E-state index is 0.135. The first-order valence-corrected chi connectivity index (χ1v) is 8.16. The minimum Gasteiger partial charge on any atom is -0.326 e. The first-order chi connectivity index (χ1) is 9.54. The predicted octanol–water partition coefficient (Wildman–Crippen LogP) is 4.10. The Balaban J connectivity index is 2.27. The van der Waals surface area contributed by atoms with Crippen LogP contribution in [-0.4, -0.2) is 24.0 Å². The number of nitrogens with two attached hydrogens (primary N) is 1. The maximum atomic E-state index is 6.43. The van der Waals surface area contributed by atoms with Crippen LogP contribution in [0.3, 0.4) is 0 Å². The molecule has 0 radical (unpaired) electrons. The summed E-state index contributed by atoms with van der Waals surface area (Å²) in [6.07, 6.45) is 2.22. The molecular formula is C17H27ClN2. The molecule has 0 spiro atoms. The lowest BCUT2D eigenvalue weighted by Crippen LogP contribution is -2.47. The van der Waals surface area contributed by atoms with Crippen LogP contribution in [0.25, 0.3) is 0 Å². The van der Waals surface area contributed by atoms with Gasteiger partial charge >= 0.3 is 0 Å². The zero-order chi connectivity index (χ0) is 14.7. The van der Waals surface area contributed by atoms with E-state index in [1.54, 1.807) is 0 Å². The molecule has 0 aromatic heterocycles. The monoisotopic (exact) mass is 294 g/mol.